The number of benzodiazepines with no additional fused rings is 1. The summed E-state index contributed by atoms with van der Waals surface area (Å²) >= 11 is 0. The Kier molecular flexibility index (Phi) is 6.29. The molecule has 1 aromatic heterocycles. The van der Waals surface area contributed by atoms with Gasteiger partial charge in [0.05, 0.1) is 29.1 Å². The molecule has 1 unspecified atom stereocenters. The normalized spacial score (nSPS) is 15.6. The van der Waals surface area contributed by atoms with Crippen LogP contribution in [0.5, 0.6) is 0 Å². The predicted molar refractivity (Wildman–Crippen MR) is 140 cm³/mol. The zero-order valence-electron chi connectivity index (χ0n) is 19.3. The molecule has 0 radical (unpaired) electrons. The van der Waals surface area contributed by atoms with E-state index in [-0.39, 0.29) is 18.5 Å². The molecule has 0 saturated carbocycles. The van der Waals surface area contributed by atoms with Crippen LogP contribution in [0.3, 0.4) is 0 Å². The van der Waals surface area contributed by atoms with Crippen molar-refractivity contribution < 1.29 is 14.6 Å². The number of aromatic nitrogens is 1. The molecule has 9 heteroatoms. The molecule has 0 spiro atoms. The highest BCUT2D eigenvalue weighted by atomic mass is 16.5. The number of aliphatic imine (C=N–C) groups is 2. The van der Waals surface area contributed by atoms with Gasteiger partial charge in [-0.2, -0.15) is 4.99 Å². The zero-order chi connectivity index (χ0) is 25.1. The van der Waals surface area contributed by atoms with Crippen molar-refractivity contribution in [2.24, 2.45) is 15.7 Å². The van der Waals surface area contributed by atoms with Crippen molar-refractivity contribution in [2.45, 2.75) is 12.7 Å². The van der Waals surface area contributed by atoms with Crippen LogP contribution in [0.2, 0.25) is 0 Å². The molecule has 5 rings (SSSR count). The maximum atomic E-state index is 13.0. The first-order chi connectivity index (χ1) is 17.5. The lowest BCUT2D eigenvalue weighted by Crippen LogP contribution is -2.29. The molecule has 180 valence electrons. The number of ether oxygens (including phenoxy) is 1. The van der Waals surface area contributed by atoms with E-state index in [9.17, 15) is 9.90 Å². The van der Waals surface area contributed by atoms with Crippen LogP contribution < -0.4 is 11.1 Å². The molecule has 2 heterocycles. The summed E-state index contributed by atoms with van der Waals surface area (Å²) in [5, 5.41) is 21.6. The molecule has 0 aliphatic carbocycles. The van der Waals surface area contributed by atoms with Crippen LogP contribution in [0.15, 0.2) is 95.0 Å². The molecule has 1 amide bonds. The molecule has 1 atom stereocenters. The number of amidine groups is 1. The van der Waals surface area contributed by atoms with Crippen LogP contribution >= 0.6 is 0 Å². The number of fused-ring (bicyclic) bond motifs is 2. The SMILES string of the molecule is N=C(O/C(N)=N/C1N=C(c2ccccc2)c2ccccc2NC1=O)c1cccc2ccn(CCO)c12. The van der Waals surface area contributed by atoms with Crippen molar-refractivity contribution in [3.8, 4) is 0 Å². The van der Waals surface area contributed by atoms with E-state index >= 15 is 0 Å². The van der Waals surface area contributed by atoms with Crippen molar-refractivity contribution in [3.05, 3.63) is 102 Å². The Morgan fingerprint density at radius 1 is 1.08 bits per heavy atom. The fourth-order valence-electron chi connectivity index (χ4n) is 4.20. The van der Waals surface area contributed by atoms with E-state index < -0.39 is 12.1 Å². The third kappa shape index (κ3) is 4.47. The lowest BCUT2D eigenvalue weighted by Gasteiger charge is -2.12. The Hall–Kier alpha value is -4.76. The number of rotatable bonds is 5. The predicted octanol–water partition coefficient (Wildman–Crippen LogP) is 3.11. The standard InChI is InChI=1S/C27H24N6O3/c28-24(20-11-6-9-18-13-14-33(15-16-34)23(18)20)36-27(29)32-25-26(35)30-21-12-5-4-10-19(21)22(31-25)17-7-2-1-3-8-17/h1-14,25,28,34H,15-16H2,(H2,29,32)(H,30,35). The van der Waals surface area contributed by atoms with Gasteiger partial charge in [-0.3, -0.25) is 10.2 Å². The Bertz CT molecular complexity index is 1510. The van der Waals surface area contributed by atoms with Crippen LogP contribution in [0.25, 0.3) is 10.9 Å². The van der Waals surface area contributed by atoms with E-state index in [0.29, 0.717) is 23.5 Å². The van der Waals surface area contributed by atoms with Gasteiger partial charge in [-0.1, -0.05) is 60.7 Å². The van der Waals surface area contributed by atoms with Crippen LogP contribution in [-0.4, -0.2) is 46.0 Å². The van der Waals surface area contributed by atoms with Gasteiger partial charge < -0.3 is 25.5 Å². The maximum Gasteiger partial charge on any atom is 0.291 e. The summed E-state index contributed by atoms with van der Waals surface area (Å²) in [7, 11) is 0. The number of hydrogen-bond acceptors (Lipinski definition) is 6. The summed E-state index contributed by atoms with van der Waals surface area (Å²) in [6, 6.07) is 23.9. The minimum absolute atomic E-state index is 0.0448. The molecule has 5 N–H and O–H groups in total. The van der Waals surface area contributed by atoms with E-state index in [1.165, 1.54) is 0 Å². The number of amides is 1. The van der Waals surface area contributed by atoms with Crippen LogP contribution in [0.1, 0.15) is 16.7 Å². The molecule has 3 aromatic carbocycles. The Morgan fingerprint density at radius 2 is 1.86 bits per heavy atom. The first-order valence-electron chi connectivity index (χ1n) is 11.4. The molecular formula is C27H24N6O3. The van der Waals surface area contributed by atoms with E-state index in [4.69, 9.17) is 15.9 Å². The molecular weight excluding hydrogens is 456 g/mol. The van der Waals surface area contributed by atoms with Crippen LogP contribution in [-0.2, 0) is 16.1 Å². The fraction of sp³-hybridized carbons (Fsp3) is 0.111. The lowest BCUT2D eigenvalue weighted by molar-refractivity contribution is -0.117. The molecule has 1 aliphatic rings. The van der Waals surface area contributed by atoms with Gasteiger partial charge in [0.25, 0.3) is 11.9 Å². The number of carbonyl (C=O) groups is 1. The number of para-hydroxylation sites is 2. The van der Waals surface area contributed by atoms with Gasteiger partial charge >= 0.3 is 0 Å². The summed E-state index contributed by atoms with van der Waals surface area (Å²) in [6.45, 7) is 0.327. The molecule has 4 aromatic rings. The number of nitrogens with one attached hydrogen (secondary N) is 2. The van der Waals surface area contributed by atoms with E-state index in [1.807, 2.05) is 71.4 Å². The van der Waals surface area contributed by atoms with Crippen molar-refractivity contribution in [2.75, 3.05) is 11.9 Å². The van der Waals surface area contributed by atoms with Crippen LogP contribution in [0.4, 0.5) is 5.69 Å². The summed E-state index contributed by atoms with van der Waals surface area (Å²) < 4.78 is 7.38. The van der Waals surface area contributed by atoms with Gasteiger partial charge in [0.15, 0.2) is 0 Å². The Balaban J connectivity index is 1.47. The van der Waals surface area contributed by atoms with Gasteiger partial charge in [0.1, 0.15) is 0 Å². The van der Waals surface area contributed by atoms with Gasteiger partial charge in [0, 0.05) is 29.3 Å². The minimum Gasteiger partial charge on any atom is -0.407 e. The molecule has 0 saturated heterocycles. The average molecular weight is 481 g/mol. The Labute approximate surface area is 207 Å². The third-order valence-electron chi connectivity index (χ3n) is 5.80. The molecule has 1 aliphatic heterocycles. The highest BCUT2D eigenvalue weighted by molar-refractivity contribution is 6.19. The number of carbonyl (C=O) groups excluding carboxylic acids is 1. The molecule has 0 bridgehead atoms. The van der Waals surface area contributed by atoms with Crippen molar-refractivity contribution >= 4 is 40.1 Å². The highest BCUT2D eigenvalue weighted by Crippen LogP contribution is 2.25. The summed E-state index contributed by atoms with van der Waals surface area (Å²) in [4.78, 5) is 21.8. The number of nitrogens with two attached hydrogens (primary N) is 1. The second kappa shape index (κ2) is 9.85. The number of aliphatic hydroxyl groups is 1. The molecule has 0 fully saturated rings. The molecule has 36 heavy (non-hydrogen) atoms. The third-order valence-corrected chi connectivity index (χ3v) is 5.80. The van der Waals surface area contributed by atoms with Gasteiger partial charge in [-0.15, -0.1) is 0 Å². The number of nitrogens with zero attached hydrogens (tertiary/aromatic N) is 3. The van der Waals surface area contributed by atoms with Crippen molar-refractivity contribution in [1.29, 1.82) is 5.41 Å². The number of benzene rings is 3. The smallest absolute Gasteiger partial charge is 0.291 e. The van der Waals surface area contributed by atoms with Crippen molar-refractivity contribution in [1.82, 2.24) is 4.57 Å². The maximum absolute atomic E-state index is 13.0. The van der Waals surface area contributed by atoms with Gasteiger partial charge in [-0.25, -0.2) is 4.99 Å². The zero-order valence-corrected chi connectivity index (χ0v) is 19.3. The van der Waals surface area contributed by atoms with Crippen molar-refractivity contribution in [3.63, 3.8) is 0 Å². The average Bonchev–Trinajstić information content (AvgIpc) is 3.24. The quantitative estimate of drug-likeness (QED) is 0.258. The summed E-state index contributed by atoms with van der Waals surface area (Å²) in [6.07, 6.45) is 0.622. The van der Waals surface area contributed by atoms with Crippen LogP contribution in [0, 0.1) is 5.41 Å². The first-order valence-corrected chi connectivity index (χ1v) is 11.4. The first kappa shape index (κ1) is 23.0. The number of anilines is 1. The lowest BCUT2D eigenvalue weighted by atomic mass is 10.0. The highest BCUT2D eigenvalue weighted by Gasteiger charge is 2.26. The monoisotopic (exact) mass is 480 g/mol. The largest absolute Gasteiger partial charge is 0.407 e. The van der Waals surface area contributed by atoms with Gasteiger partial charge in [-0.05, 0) is 18.2 Å². The second-order valence-electron chi connectivity index (χ2n) is 8.13. The molecule has 9 nitrogen and oxygen atoms in total. The Morgan fingerprint density at radius 3 is 2.67 bits per heavy atom. The number of aliphatic hydroxyl groups excluding tert-OH is 1. The summed E-state index contributed by atoms with van der Waals surface area (Å²) in [5.41, 5.74) is 10.1. The minimum atomic E-state index is -1.21. The topological polar surface area (TPSA) is 138 Å². The number of hydrogen-bond donors (Lipinski definition) is 4. The van der Waals surface area contributed by atoms with E-state index in [1.54, 1.807) is 18.2 Å². The fourth-order valence-corrected chi connectivity index (χ4v) is 4.20. The van der Waals surface area contributed by atoms with E-state index in [0.717, 1.165) is 22.0 Å². The second-order valence-corrected chi connectivity index (χ2v) is 8.13. The van der Waals surface area contributed by atoms with Gasteiger partial charge in [0.2, 0.25) is 12.1 Å². The van der Waals surface area contributed by atoms with E-state index in [2.05, 4.69) is 15.3 Å². The summed E-state index contributed by atoms with van der Waals surface area (Å²) in [5.74, 6) is -0.699.